The Hall–Kier alpha value is -2.66. The van der Waals surface area contributed by atoms with Gasteiger partial charge in [0.1, 0.15) is 0 Å². The zero-order chi connectivity index (χ0) is 21.4. The Morgan fingerprint density at radius 2 is 1.67 bits per heavy atom. The smallest absolute Gasteiger partial charge is 0.385 e. The molecule has 30 heavy (non-hydrogen) atoms. The molecule has 158 valence electrons. The summed E-state index contributed by atoms with van der Waals surface area (Å²) in [5, 5.41) is 3.19. The number of benzene rings is 2. The molecule has 1 N–H and O–H groups in total. The van der Waals surface area contributed by atoms with E-state index in [4.69, 9.17) is 13.5 Å². The average Bonchev–Trinajstić information content (AvgIpc) is 3.17. The van der Waals surface area contributed by atoms with Crippen LogP contribution in [0.1, 0.15) is 36.4 Å². The summed E-state index contributed by atoms with van der Waals surface area (Å²) >= 11 is 0. The first-order valence-electron chi connectivity index (χ1n) is 9.97. The molecule has 7 heteroatoms. The number of nitrogens with zero attached hydrogens (tertiary/aromatic N) is 1. The van der Waals surface area contributed by atoms with Gasteiger partial charge in [0.2, 0.25) is 17.2 Å². The van der Waals surface area contributed by atoms with Crippen LogP contribution in [0.4, 0.5) is 5.88 Å². The first-order chi connectivity index (χ1) is 14.5. The molecule has 0 saturated heterocycles. The molecule has 0 unspecified atom stereocenters. The summed E-state index contributed by atoms with van der Waals surface area (Å²) in [4.78, 5) is 4.43. The van der Waals surface area contributed by atoms with E-state index in [1.165, 1.54) is 5.56 Å². The Bertz CT molecular complexity index is 1000. The lowest BCUT2D eigenvalue weighted by Crippen LogP contribution is -2.16. The fourth-order valence-corrected chi connectivity index (χ4v) is 4.41. The summed E-state index contributed by atoms with van der Waals surface area (Å²) in [6, 6.07) is 17.9. The molecule has 0 fully saturated rings. The van der Waals surface area contributed by atoms with E-state index in [0.29, 0.717) is 12.4 Å². The van der Waals surface area contributed by atoms with Crippen LogP contribution in [0.2, 0.25) is 0 Å². The van der Waals surface area contributed by atoms with Crippen LogP contribution in [0.25, 0.3) is 12.2 Å². The van der Waals surface area contributed by atoms with Gasteiger partial charge in [-0.25, -0.2) is 0 Å². The molecule has 0 radical (unpaired) electrons. The zero-order valence-electron chi connectivity index (χ0n) is 17.5. The van der Waals surface area contributed by atoms with Gasteiger partial charge in [-0.15, -0.1) is 0 Å². The van der Waals surface area contributed by atoms with Gasteiger partial charge < -0.3 is 18.8 Å². The minimum atomic E-state index is -3.61. The fourth-order valence-electron chi connectivity index (χ4n) is 2.82. The average molecular weight is 426 g/mol. The van der Waals surface area contributed by atoms with E-state index < -0.39 is 7.60 Å². The van der Waals surface area contributed by atoms with Crippen molar-refractivity contribution in [1.82, 2.24) is 4.98 Å². The minimum Gasteiger partial charge on any atom is -0.420 e. The van der Waals surface area contributed by atoms with Crippen LogP contribution >= 0.6 is 7.60 Å². The van der Waals surface area contributed by atoms with Crippen molar-refractivity contribution in [3.8, 4) is 0 Å². The largest absolute Gasteiger partial charge is 0.420 e. The molecule has 0 atom stereocenters. The lowest BCUT2D eigenvalue weighted by atomic mass is 10.1. The molecular formula is C23H27N2O4P. The molecule has 3 aromatic rings. The summed E-state index contributed by atoms with van der Waals surface area (Å²) in [5.74, 6) is 0.605. The number of aryl methyl sites for hydroxylation is 1. The second-order valence-electron chi connectivity index (χ2n) is 6.62. The highest BCUT2D eigenvalue weighted by Gasteiger charge is 2.35. The molecule has 0 bridgehead atoms. The third-order valence-corrected chi connectivity index (χ3v) is 6.29. The van der Waals surface area contributed by atoms with Gasteiger partial charge in [0.25, 0.3) is 0 Å². The minimum absolute atomic E-state index is 0.158. The first-order valence-corrected chi connectivity index (χ1v) is 11.5. The SMILES string of the molecule is CCOP(=O)(OCC)c1nc(C=Cc2ccccc2)oc1NCc1ccc(C)cc1. The zero-order valence-corrected chi connectivity index (χ0v) is 18.4. The van der Waals surface area contributed by atoms with Crippen molar-refractivity contribution in [3.05, 3.63) is 77.2 Å². The molecule has 0 aliphatic rings. The van der Waals surface area contributed by atoms with Crippen molar-refractivity contribution in [2.24, 2.45) is 0 Å². The monoisotopic (exact) mass is 426 g/mol. The standard InChI is InChI=1S/C23H27N2O4P/c1-4-27-30(26,28-5-2)23-22(24-17-20-13-11-18(3)12-14-20)29-21(25-23)16-15-19-9-7-6-8-10-19/h6-16,24H,4-5,17H2,1-3H3. The van der Waals surface area contributed by atoms with E-state index >= 15 is 0 Å². The number of hydrogen-bond acceptors (Lipinski definition) is 6. The number of rotatable bonds is 10. The molecule has 0 aliphatic carbocycles. The van der Waals surface area contributed by atoms with Crippen molar-refractivity contribution < 1.29 is 18.0 Å². The Morgan fingerprint density at radius 3 is 2.30 bits per heavy atom. The van der Waals surface area contributed by atoms with E-state index in [-0.39, 0.29) is 24.5 Å². The predicted octanol–water partition coefficient (Wildman–Crippen LogP) is 5.66. The van der Waals surface area contributed by atoms with Gasteiger partial charge in [0.15, 0.2) is 0 Å². The fraction of sp³-hybridized carbons (Fsp3) is 0.261. The van der Waals surface area contributed by atoms with Gasteiger partial charge in [-0.1, -0.05) is 60.2 Å². The quantitative estimate of drug-likeness (QED) is 0.422. The maximum absolute atomic E-state index is 13.3. The Labute approximate surface area is 177 Å². The van der Waals surface area contributed by atoms with E-state index in [9.17, 15) is 4.57 Å². The maximum Gasteiger partial charge on any atom is 0.385 e. The van der Waals surface area contributed by atoms with Gasteiger partial charge in [-0.05, 0) is 38.0 Å². The maximum atomic E-state index is 13.3. The normalized spacial score (nSPS) is 11.8. The number of nitrogens with one attached hydrogen (secondary N) is 1. The van der Waals surface area contributed by atoms with Gasteiger partial charge >= 0.3 is 7.60 Å². The highest BCUT2D eigenvalue weighted by molar-refractivity contribution is 7.62. The highest BCUT2D eigenvalue weighted by Crippen LogP contribution is 2.48. The lowest BCUT2D eigenvalue weighted by Gasteiger charge is -2.15. The molecule has 1 heterocycles. The molecule has 2 aromatic carbocycles. The van der Waals surface area contributed by atoms with Crippen LogP contribution in [-0.2, 0) is 20.2 Å². The molecular weight excluding hydrogens is 399 g/mol. The van der Waals surface area contributed by atoms with Crippen LogP contribution in [0.3, 0.4) is 0 Å². The summed E-state index contributed by atoms with van der Waals surface area (Å²) in [5.41, 5.74) is 3.41. The van der Waals surface area contributed by atoms with Crippen molar-refractivity contribution >= 4 is 31.1 Å². The highest BCUT2D eigenvalue weighted by atomic mass is 31.2. The van der Waals surface area contributed by atoms with Gasteiger partial charge in [-0.3, -0.25) is 4.57 Å². The Morgan fingerprint density at radius 1 is 1.00 bits per heavy atom. The molecule has 6 nitrogen and oxygen atoms in total. The van der Waals surface area contributed by atoms with Gasteiger partial charge in [0, 0.05) is 12.6 Å². The Kier molecular flexibility index (Phi) is 7.63. The molecule has 0 spiro atoms. The summed E-state index contributed by atoms with van der Waals surface area (Å²) < 4.78 is 30.2. The second kappa shape index (κ2) is 10.4. The van der Waals surface area contributed by atoms with E-state index in [1.807, 2.05) is 67.6 Å². The van der Waals surface area contributed by atoms with Gasteiger partial charge in [-0.2, -0.15) is 4.98 Å². The summed E-state index contributed by atoms with van der Waals surface area (Å²) in [7, 11) is -3.61. The first kappa shape index (κ1) is 22.0. The number of hydrogen-bond donors (Lipinski definition) is 1. The number of oxazole rings is 1. The van der Waals surface area contributed by atoms with Crippen molar-refractivity contribution in [2.45, 2.75) is 27.3 Å². The second-order valence-corrected chi connectivity index (χ2v) is 8.56. The molecule has 3 rings (SSSR count). The number of aromatic nitrogens is 1. The Balaban J connectivity index is 1.90. The van der Waals surface area contributed by atoms with Crippen LogP contribution in [0.5, 0.6) is 0 Å². The predicted molar refractivity (Wildman–Crippen MR) is 121 cm³/mol. The van der Waals surface area contributed by atoms with Gasteiger partial charge in [0.05, 0.1) is 13.2 Å². The summed E-state index contributed by atoms with van der Waals surface area (Å²) in [6.07, 6.45) is 3.61. The van der Waals surface area contributed by atoms with Crippen molar-refractivity contribution in [2.75, 3.05) is 18.5 Å². The lowest BCUT2D eigenvalue weighted by molar-refractivity contribution is 0.229. The van der Waals surface area contributed by atoms with E-state index in [2.05, 4.69) is 10.3 Å². The molecule has 0 amide bonds. The molecule has 1 aromatic heterocycles. The van der Waals surface area contributed by atoms with Crippen LogP contribution in [-0.4, -0.2) is 18.2 Å². The molecule has 0 saturated carbocycles. The summed E-state index contributed by atoms with van der Waals surface area (Å²) in [6.45, 7) is 6.52. The third kappa shape index (κ3) is 5.70. The van der Waals surface area contributed by atoms with Crippen molar-refractivity contribution in [3.63, 3.8) is 0 Å². The van der Waals surface area contributed by atoms with Crippen LogP contribution in [0, 0.1) is 6.92 Å². The third-order valence-electron chi connectivity index (χ3n) is 4.27. The van der Waals surface area contributed by atoms with E-state index in [0.717, 1.165) is 11.1 Å². The number of anilines is 1. The van der Waals surface area contributed by atoms with Crippen molar-refractivity contribution in [1.29, 1.82) is 0 Å². The molecule has 0 aliphatic heterocycles. The van der Waals surface area contributed by atoms with Crippen LogP contribution in [0.15, 0.2) is 59.0 Å². The van der Waals surface area contributed by atoms with E-state index in [1.54, 1.807) is 19.9 Å². The van der Waals surface area contributed by atoms with Crippen LogP contribution < -0.4 is 10.8 Å². The topological polar surface area (TPSA) is 73.6 Å².